The van der Waals surface area contributed by atoms with Crippen LogP contribution in [0.15, 0.2) is 23.0 Å². The minimum atomic E-state index is -0.101. The van der Waals surface area contributed by atoms with Crippen LogP contribution in [-0.4, -0.2) is 19.9 Å². The van der Waals surface area contributed by atoms with Crippen molar-refractivity contribution in [2.24, 2.45) is 5.92 Å². The highest BCUT2D eigenvalue weighted by Crippen LogP contribution is 2.20. The smallest absolute Gasteiger partial charge is 0.255 e. The second-order valence-corrected chi connectivity index (χ2v) is 7.37. The van der Waals surface area contributed by atoms with E-state index in [4.69, 9.17) is 0 Å². The van der Waals surface area contributed by atoms with E-state index in [0.29, 0.717) is 17.8 Å². The molecule has 142 valence electrons. The lowest BCUT2D eigenvalue weighted by molar-refractivity contribution is 0.582. The molecule has 27 heavy (non-hydrogen) atoms. The molecule has 2 aromatic heterocycles. The van der Waals surface area contributed by atoms with E-state index in [1.54, 1.807) is 0 Å². The van der Waals surface area contributed by atoms with E-state index in [2.05, 4.69) is 64.2 Å². The lowest BCUT2D eigenvalue weighted by atomic mass is 10.0. The van der Waals surface area contributed by atoms with Crippen molar-refractivity contribution in [2.75, 3.05) is 5.32 Å². The van der Waals surface area contributed by atoms with Gasteiger partial charge in [0.2, 0.25) is 11.9 Å². The molecule has 3 rings (SSSR count). The molecule has 0 bridgehead atoms. The summed E-state index contributed by atoms with van der Waals surface area (Å²) in [5, 5.41) is 4.09. The molecule has 0 saturated carbocycles. The van der Waals surface area contributed by atoms with Crippen molar-refractivity contribution in [3.63, 3.8) is 0 Å². The van der Waals surface area contributed by atoms with Crippen LogP contribution in [0.2, 0.25) is 0 Å². The van der Waals surface area contributed by atoms with Gasteiger partial charge in [-0.05, 0) is 50.7 Å². The maximum Gasteiger partial charge on any atom is 0.255 e. The number of hydrogen-bond donors (Lipinski definition) is 2. The van der Waals surface area contributed by atoms with Crippen LogP contribution < -0.4 is 10.9 Å². The highest BCUT2D eigenvalue weighted by molar-refractivity contribution is 5.82. The zero-order chi connectivity index (χ0) is 19.6. The lowest BCUT2D eigenvalue weighted by Gasteiger charge is -2.11. The first-order valence-electron chi connectivity index (χ1n) is 9.51. The summed E-state index contributed by atoms with van der Waals surface area (Å²) in [5.74, 6) is 1.35. The molecule has 0 fully saturated rings. The number of anilines is 2. The predicted molar refractivity (Wildman–Crippen MR) is 110 cm³/mol. The third-order valence-electron chi connectivity index (χ3n) is 4.78. The largest absolute Gasteiger partial charge is 0.294 e. The monoisotopic (exact) mass is 365 g/mol. The van der Waals surface area contributed by atoms with Gasteiger partial charge < -0.3 is 0 Å². The van der Waals surface area contributed by atoms with Gasteiger partial charge in [0.25, 0.3) is 5.56 Å². The van der Waals surface area contributed by atoms with Crippen LogP contribution in [0.4, 0.5) is 11.9 Å². The summed E-state index contributed by atoms with van der Waals surface area (Å²) < 4.78 is 0. The average Bonchev–Trinajstić information content (AvgIpc) is 2.60. The topological polar surface area (TPSA) is 83.6 Å². The molecule has 0 atom stereocenters. The number of nitrogens with one attached hydrogen (secondary N) is 2. The van der Waals surface area contributed by atoms with Crippen molar-refractivity contribution < 1.29 is 0 Å². The number of hydrogen-bond acceptors (Lipinski definition) is 5. The normalized spacial score (nSPS) is 11.3. The minimum Gasteiger partial charge on any atom is -0.294 e. The molecule has 1 aromatic carbocycles. The molecule has 0 amide bonds. The summed E-state index contributed by atoms with van der Waals surface area (Å²) in [6.45, 7) is 10.2. The maximum absolute atomic E-state index is 12.5. The van der Waals surface area contributed by atoms with Gasteiger partial charge in [0.15, 0.2) is 0 Å². The van der Waals surface area contributed by atoms with Gasteiger partial charge in [0, 0.05) is 16.6 Å². The van der Waals surface area contributed by atoms with E-state index >= 15 is 0 Å². The van der Waals surface area contributed by atoms with Crippen LogP contribution >= 0.6 is 0 Å². The molecular formula is C21H27N5O. The van der Waals surface area contributed by atoms with Crippen LogP contribution in [0.25, 0.3) is 10.9 Å². The fourth-order valence-corrected chi connectivity index (χ4v) is 3.11. The molecular weight excluding hydrogens is 338 g/mol. The standard InChI is InChI=1S/C21H27N5O/c1-6-15-8-10-16-13(4)22-20(24-18(16)11-15)26-21-23-14(5)17(19(27)25-21)9-7-12(2)3/h8,10-12H,6-7,9H2,1-5H3,(H2,22,23,24,25,26,27). The Balaban J connectivity index is 1.91. The number of rotatable bonds is 6. The molecule has 0 unspecified atom stereocenters. The van der Waals surface area contributed by atoms with Gasteiger partial charge >= 0.3 is 0 Å². The second kappa shape index (κ2) is 7.86. The molecule has 0 spiro atoms. The van der Waals surface area contributed by atoms with E-state index in [-0.39, 0.29) is 5.56 Å². The van der Waals surface area contributed by atoms with E-state index in [0.717, 1.165) is 47.1 Å². The fourth-order valence-electron chi connectivity index (χ4n) is 3.11. The first-order valence-corrected chi connectivity index (χ1v) is 9.51. The molecule has 6 nitrogen and oxygen atoms in total. The van der Waals surface area contributed by atoms with Crippen molar-refractivity contribution in [3.8, 4) is 0 Å². The predicted octanol–water partition coefficient (Wildman–Crippen LogP) is 4.22. The summed E-state index contributed by atoms with van der Waals surface area (Å²) in [5.41, 5.74) is 4.39. The van der Waals surface area contributed by atoms with Gasteiger partial charge in [-0.25, -0.2) is 15.0 Å². The number of aryl methyl sites for hydroxylation is 3. The highest BCUT2D eigenvalue weighted by Gasteiger charge is 2.11. The molecule has 3 aromatic rings. The minimum absolute atomic E-state index is 0.101. The van der Waals surface area contributed by atoms with Gasteiger partial charge in [-0.1, -0.05) is 32.9 Å². The Labute approximate surface area is 159 Å². The third-order valence-corrected chi connectivity index (χ3v) is 4.78. The first-order chi connectivity index (χ1) is 12.9. The highest BCUT2D eigenvalue weighted by atomic mass is 16.1. The van der Waals surface area contributed by atoms with Gasteiger partial charge in [0.05, 0.1) is 11.2 Å². The quantitative estimate of drug-likeness (QED) is 0.683. The van der Waals surface area contributed by atoms with Gasteiger partial charge in [-0.15, -0.1) is 0 Å². The number of aromatic amines is 1. The van der Waals surface area contributed by atoms with Crippen molar-refractivity contribution in [3.05, 3.63) is 51.1 Å². The molecule has 2 heterocycles. The fraction of sp³-hybridized carbons (Fsp3) is 0.429. The zero-order valence-electron chi connectivity index (χ0n) is 16.7. The molecule has 0 aliphatic rings. The Morgan fingerprint density at radius 2 is 1.89 bits per heavy atom. The zero-order valence-corrected chi connectivity index (χ0v) is 16.7. The Morgan fingerprint density at radius 1 is 1.11 bits per heavy atom. The van der Waals surface area contributed by atoms with Crippen molar-refractivity contribution in [1.29, 1.82) is 0 Å². The Bertz CT molecular complexity index is 1020. The molecule has 6 heteroatoms. The Morgan fingerprint density at radius 3 is 2.56 bits per heavy atom. The summed E-state index contributed by atoms with van der Waals surface area (Å²) in [4.78, 5) is 28.9. The third kappa shape index (κ3) is 4.32. The molecule has 0 aliphatic heterocycles. The number of nitrogens with zero attached hydrogens (tertiary/aromatic N) is 3. The number of aromatic nitrogens is 4. The summed E-state index contributed by atoms with van der Waals surface area (Å²) in [7, 11) is 0. The van der Waals surface area contributed by atoms with E-state index in [9.17, 15) is 4.79 Å². The van der Waals surface area contributed by atoms with Crippen molar-refractivity contribution in [2.45, 2.75) is 53.9 Å². The van der Waals surface area contributed by atoms with Gasteiger partial charge in [-0.2, -0.15) is 0 Å². The van der Waals surface area contributed by atoms with E-state index < -0.39 is 0 Å². The summed E-state index contributed by atoms with van der Waals surface area (Å²) in [6, 6.07) is 6.23. The average molecular weight is 365 g/mol. The first kappa shape index (κ1) is 19.0. The van der Waals surface area contributed by atoms with E-state index in [1.807, 2.05) is 13.8 Å². The lowest BCUT2D eigenvalue weighted by Crippen LogP contribution is -2.19. The maximum atomic E-state index is 12.5. The molecule has 0 radical (unpaired) electrons. The van der Waals surface area contributed by atoms with Gasteiger partial charge in [0.1, 0.15) is 0 Å². The number of fused-ring (bicyclic) bond motifs is 1. The Hall–Kier alpha value is -2.76. The van der Waals surface area contributed by atoms with Crippen LogP contribution in [-0.2, 0) is 12.8 Å². The van der Waals surface area contributed by atoms with Crippen LogP contribution in [0.3, 0.4) is 0 Å². The SMILES string of the molecule is CCc1ccc2c(C)nc(Nc3nc(C)c(CCC(C)C)c(=O)[nH]3)nc2c1. The van der Waals surface area contributed by atoms with Crippen molar-refractivity contribution in [1.82, 2.24) is 19.9 Å². The molecule has 0 saturated heterocycles. The van der Waals surface area contributed by atoms with Crippen LogP contribution in [0, 0.1) is 19.8 Å². The number of benzene rings is 1. The van der Waals surface area contributed by atoms with Crippen molar-refractivity contribution >= 4 is 22.8 Å². The summed E-state index contributed by atoms with van der Waals surface area (Å²) in [6.07, 6.45) is 2.65. The second-order valence-electron chi connectivity index (χ2n) is 7.37. The van der Waals surface area contributed by atoms with Crippen LogP contribution in [0.5, 0.6) is 0 Å². The Kier molecular flexibility index (Phi) is 5.54. The molecule has 2 N–H and O–H groups in total. The van der Waals surface area contributed by atoms with Crippen LogP contribution in [0.1, 0.15) is 49.7 Å². The number of H-pyrrole nitrogens is 1. The van der Waals surface area contributed by atoms with E-state index in [1.165, 1.54) is 5.56 Å². The molecule has 0 aliphatic carbocycles. The van der Waals surface area contributed by atoms with Gasteiger partial charge in [-0.3, -0.25) is 15.1 Å². The summed E-state index contributed by atoms with van der Waals surface area (Å²) >= 11 is 0.